The molecule has 0 spiro atoms. The highest BCUT2D eigenvalue weighted by Crippen LogP contribution is 2.22. The Morgan fingerprint density at radius 1 is 1.14 bits per heavy atom. The minimum Gasteiger partial charge on any atom is -0.473 e. The number of ether oxygens (including phenoxy) is 1. The number of benzene rings is 1. The van der Waals surface area contributed by atoms with Gasteiger partial charge in [0.2, 0.25) is 5.88 Å². The number of rotatable bonds is 4. The third kappa shape index (κ3) is 3.56. The quantitative estimate of drug-likeness (QED) is 0.575. The van der Waals surface area contributed by atoms with Crippen LogP contribution in [0, 0.1) is 0 Å². The van der Waals surface area contributed by atoms with Crippen LogP contribution < -0.4 is 4.74 Å². The van der Waals surface area contributed by atoms with Crippen molar-refractivity contribution < 1.29 is 13.9 Å². The van der Waals surface area contributed by atoms with Crippen LogP contribution in [0.15, 0.2) is 59.3 Å². The minimum atomic E-state index is -0.0944. The summed E-state index contributed by atoms with van der Waals surface area (Å²) in [5.74, 6) is 1.08. The smallest absolute Gasteiger partial charge is 0.274 e. The number of para-hydroxylation sites is 2. The van der Waals surface area contributed by atoms with Gasteiger partial charge in [0.1, 0.15) is 11.8 Å². The maximum absolute atomic E-state index is 12.7. The van der Waals surface area contributed by atoms with Crippen LogP contribution in [-0.4, -0.2) is 50.2 Å². The van der Waals surface area contributed by atoms with Gasteiger partial charge in [-0.05, 0) is 24.3 Å². The summed E-state index contributed by atoms with van der Waals surface area (Å²) in [6, 6.07) is 13.0. The van der Waals surface area contributed by atoms with Crippen molar-refractivity contribution in [2.75, 3.05) is 13.1 Å². The van der Waals surface area contributed by atoms with Gasteiger partial charge in [0.25, 0.3) is 5.91 Å². The number of likely N-dealkylation sites (tertiary alicyclic amines) is 1. The van der Waals surface area contributed by atoms with Crippen LogP contribution in [0.4, 0.5) is 0 Å². The molecule has 8 heteroatoms. The fourth-order valence-electron chi connectivity index (χ4n) is 3.50. The predicted molar refractivity (Wildman–Crippen MR) is 105 cm³/mol. The lowest BCUT2D eigenvalue weighted by Gasteiger charge is -2.31. The van der Waals surface area contributed by atoms with Crippen LogP contribution in [0.5, 0.6) is 5.88 Å². The van der Waals surface area contributed by atoms with Gasteiger partial charge < -0.3 is 14.1 Å². The number of amides is 1. The first-order chi connectivity index (χ1) is 14.3. The number of H-pyrrole nitrogens is 1. The van der Waals surface area contributed by atoms with E-state index in [9.17, 15) is 4.79 Å². The van der Waals surface area contributed by atoms with Crippen molar-refractivity contribution in [3.63, 3.8) is 0 Å². The first-order valence-electron chi connectivity index (χ1n) is 9.53. The van der Waals surface area contributed by atoms with E-state index in [1.807, 2.05) is 30.3 Å². The number of piperidine rings is 1. The van der Waals surface area contributed by atoms with Gasteiger partial charge in [0.05, 0.1) is 23.5 Å². The van der Waals surface area contributed by atoms with E-state index in [1.54, 1.807) is 29.5 Å². The molecule has 1 saturated heterocycles. The molecule has 1 aliphatic heterocycles. The molecule has 4 aromatic rings. The highest BCUT2D eigenvalue weighted by Gasteiger charge is 2.26. The molecular weight excluding hydrogens is 370 g/mol. The van der Waals surface area contributed by atoms with Crippen LogP contribution in [0.2, 0.25) is 0 Å². The van der Waals surface area contributed by atoms with Crippen molar-refractivity contribution in [2.24, 2.45) is 0 Å². The van der Waals surface area contributed by atoms with E-state index in [0.29, 0.717) is 36.1 Å². The van der Waals surface area contributed by atoms with E-state index in [0.717, 1.165) is 23.9 Å². The van der Waals surface area contributed by atoms with E-state index < -0.39 is 0 Å². The lowest BCUT2D eigenvalue weighted by atomic mass is 10.1. The maximum Gasteiger partial charge on any atom is 0.274 e. The molecule has 0 saturated carbocycles. The van der Waals surface area contributed by atoms with Crippen LogP contribution in [0.3, 0.4) is 0 Å². The molecule has 1 aromatic carbocycles. The molecule has 1 fully saturated rings. The van der Waals surface area contributed by atoms with Crippen molar-refractivity contribution in [1.82, 2.24) is 25.1 Å². The molecule has 1 aliphatic rings. The second kappa shape index (κ2) is 7.38. The second-order valence-electron chi connectivity index (χ2n) is 6.95. The number of hydrogen-bond donors (Lipinski definition) is 1. The average molecular weight is 389 g/mol. The summed E-state index contributed by atoms with van der Waals surface area (Å²) in [4.78, 5) is 23.4. The number of carbonyl (C=O) groups excluding carboxylic acids is 1. The molecule has 0 unspecified atom stereocenters. The fourth-order valence-corrected chi connectivity index (χ4v) is 3.50. The largest absolute Gasteiger partial charge is 0.473 e. The first-order valence-corrected chi connectivity index (χ1v) is 9.53. The number of nitrogens with zero attached hydrogens (tertiary/aromatic N) is 4. The van der Waals surface area contributed by atoms with Crippen LogP contribution in [0.1, 0.15) is 23.3 Å². The minimum absolute atomic E-state index is 0.00683. The van der Waals surface area contributed by atoms with Crippen molar-refractivity contribution in [1.29, 1.82) is 0 Å². The van der Waals surface area contributed by atoms with Crippen molar-refractivity contribution in [2.45, 2.75) is 18.9 Å². The lowest BCUT2D eigenvalue weighted by molar-refractivity contribution is 0.0582. The standard InChI is InChI=1S/C21H19N5O3/c27-21(18-12-17(24-25-18)19-6-3-11-28-19)26-9-7-14(8-10-26)29-20-13-22-15-4-1-2-5-16(15)23-20/h1-6,11-14H,7-10H2,(H,24,25). The van der Waals surface area contributed by atoms with E-state index in [4.69, 9.17) is 9.15 Å². The zero-order valence-electron chi connectivity index (χ0n) is 15.6. The molecule has 0 bridgehead atoms. The summed E-state index contributed by atoms with van der Waals surface area (Å²) < 4.78 is 11.3. The van der Waals surface area contributed by atoms with Gasteiger partial charge in [0.15, 0.2) is 11.5 Å². The first kappa shape index (κ1) is 17.4. The summed E-state index contributed by atoms with van der Waals surface area (Å²) >= 11 is 0. The number of nitrogens with one attached hydrogen (secondary N) is 1. The molecule has 146 valence electrons. The molecule has 5 rings (SSSR count). The summed E-state index contributed by atoms with van der Waals surface area (Å²) in [5.41, 5.74) is 2.72. The molecule has 0 aliphatic carbocycles. The Balaban J connectivity index is 1.20. The van der Waals surface area contributed by atoms with Gasteiger partial charge in [0, 0.05) is 32.0 Å². The second-order valence-corrected chi connectivity index (χ2v) is 6.95. The predicted octanol–water partition coefficient (Wildman–Crippen LogP) is 3.30. The molecular formula is C21H19N5O3. The molecule has 8 nitrogen and oxygen atoms in total. The molecule has 29 heavy (non-hydrogen) atoms. The van der Waals surface area contributed by atoms with Crippen LogP contribution in [0.25, 0.3) is 22.5 Å². The van der Waals surface area contributed by atoms with Gasteiger partial charge >= 0.3 is 0 Å². The Labute approximate surface area is 166 Å². The third-order valence-electron chi connectivity index (χ3n) is 5.03. The SMILES string of the molecule is O=C(c1cc(-c2ccco2)[nH]n1)N1CCC(Oc2cnc3ccccc3n2)CC1. The van der Waals surface area contributed by atoms with Gasteiger partial charge in [-0.15, -0.1) is 0 Å². The highest BCUT2D eigenvalue weighted by molar-refractivity contribution is 5.93. The number of hydrogen-bond acceptors (Lipinski definition) is 6. The Morgan fingerprint density at radius 3 is 2.76 bits per heavy atom. The van der Waals surface area contributed by atoms with Gasteiger partial charge in [-0.1, -0.05) is 12.1 Å². The average Bonchev–Trinajstić information content (AvgIpc) is 3.46. The van der Waals surface area contributed by atoms with E-state index in [2.05, 4.69) is 20.2 Å². The molecule has 1 amide bonds. The van der Waals surface area contributed by atoms with Gasteiger partial charge in [-0.3, -0.25) is 9.89 Å². The zero-order chi connectivity index (χ0) is 19.6. The summed E-state index contributed by atoms with van der Waals surface area (Å²) in [6.45, 7) is 1.21. The summed E-state index contributed by atoms with van der Waals surface area (Å²) in [7, 11) is 0. The molecule has 4 heterocycles. The number of aromatic amines is 1. The molecule has 3 aromatic heterocycles. The molecule has 0 radical (unpaired) electrons. The lowest BCUT2D eigenvalue weighted by Crippen LogP contribution is -2.42. The normalized spacial score (nSPS) is 15.0. The highest BCUT2D eigenvalue weighted by atomic mass is 16.5. The summed E-state index contributed by atoms with van der Waals surface area (Å²) in [6.07, 6.45) is 4.71. The van der Waals surface area contributed by atoms with E-state index in [1.165, 1.54) is 0 Å². The van der Waals surface area contributed by atoms with Crippen molar-refractivity contribution in [3.8, 4) is 17.3 Å². The van der Waals surface area contributed by atoms with E-state index >= 15 is 0 Å². The number of furan rings is 1. The topological polar surface area (TPSA) is 97.1 Å². The third-order valence-corrected chi connectivity index (χ3v) is 5.03. The Hall–Kier alpha value is -3.68. The molecule has 1 N–H and O–H groups in total. The monoisotopic (exact) mass is 389 g/mol. The zero-order valence-corrected chi connectivity index (χ0v) is 15.6. The van der Waals surface area contributed by atoms with Gasteiger partial charge in [-0.25, -0.2) is 9.97 Å². The molecule has 0 atom stereocenters. The Bertz CT molecular complexity index is 1130. The van der Waals surface area contributed by atoms with E-state index in [-0.39, 0.29) is 12.0 Å². The Morgan fingerprint density at radius 2 is 1.97 bits per heavy atom. The number of fused-ring (bicyclic) bond motifs is 1. The van der Waals surface area contributed by atoms with Gasteiger partial charge in [-0.2, -0.15) is 5.10 Å². The Kier molecular flexibility index (Phi) is 4.44. The fraction of sp³-hybridized carbons (Fsp3) is 0.238. The van der Waals surface area contributed by atoms with Crippen LogP contribution >= 0.6 is 0 Å². The maximum atomic E-state index is 12.7. The van der Waals surface area contributed by atoms with Crippen molar-refractivity contribution in [3.05, 3.63) is 60.6 Å². The number of aromatic nitrogens is 4. The number of carbonyl (C=O) groups is 1. The summed E-state index contributed by atoms with van der Waals surface area (Å²) in [5, 5.41) is 6.99. The van der Waals surface area contributed by atoms with Crippen molar-refractivity contribution >= 4 is 16.9 Å². The van der Waals surface area contributed by atoms with Crippen LogP contribution in [-0.2, 0) is 0 Å².